The van der Waals surface area contributed by atoms with Crippen LogP contribution in [0.25, 0.3) is 0 Å². The molecule has 1 aliphatic heterocycles. The van der Waals surface area contributed by atoms with Crippen molar-refractivity contribution < 1.29 is 9.59 Å². The van der Waals surface area contributed by atoms with Crippen LogP contribution >= 0.6 is 0 Å². The van der Waals surface area contributed by atoms with Crippen molar-refractivity contribution in [1.82, 2.24) is 0 Å². The summed E-state index contributed by atoms with van der Waals surface area (Å²) in [5.41, 5.74) is 2.66. The van der Waals surface area contributed by atoms with Gasteiger partial charge < -0.3 is 10.2 Å². The number of aryl methyl sites for hydroxylation is 2. The lowest BCUT2D eigenvalue weighted by Gasteiger charge is -2.35. The second kappa shape index (κ2) is 6.71. The Hall–Kier alpha value is -2.62. The number of anilines is 2. The van der Waals surface area contributed by atoms with Gasteiger partial charge in [0.1, 0.15) is 5.41 Å². The zero-order valence-corrected chi connectivity index (χ0v) is 15.0. The molecule has 1 N–H and O–H groups in total. The fourth-order valence-corrected chi connectivity index (χ4v) is 3.17. The van der Waals surface area contributed by atoms with Crippen molar-refractivity contribution in [1.29, 1.82) is 0 Å². The van der Waals surface area contributed by atoms with Crippen LogP contribution in [-0.4, -0.2) is 18.4 Å². The number of benzene rings is 2. The highest BCUT2D eigenvalue weighted by Gasteiger charge is 2.40. The lowest BCUT2D eigenvalue weighted by Crippen LogP contribution is -2.49. The predicted octanol–water partition coefficient (Wildman–Crippen LogP) is 3.94. The summed E-state index contributed by atoms with van der Waals surface area (Å²) in [7, 11) is 0. The second-order valence-electron chi connectivity index (χ2n) is 7.08. The van der Waals surface area contributed by atoms with Gasteiger partial charge in [-0.2, -0.15) is 0 Å². The molecule has 2 aromatic rings. The minimum atomic E-state index is -1.15. The molecule has 1 aliphatic rings. The minimum absolute atomic E-state index is 0.161. The van der Waals surface area contributed by atoms with Gasteiger partial charge in [-0.15, -0.1) is 0 Å². The maximum Gasteiger partial charge on any atom is 0.242 e. The largest absolute Gasteiger partial charge is 0.325 e. The topological polar surface area (TPSA) is 49.4 Å². The Morgan fingerprint density at radius 1 is 1.04 bits per heavy atom. The Bertz CT molecular complexity index is 811. The molecule has 0 aliphatic carbocycles. The van der Waals surface area contributed by atoms with Gasteiger partial charge >= 0.3 is 0 Å². The maximum absolute atomic E-state index is 13.2. The van der Waals surface area contributed by atoms with Crippen LogP contribution in [0.2, 0.25) is 0 Å². The number of nitrogens with one attached hydrogen (secondary N) is 1. The Kier molecular flexibility index (Phi) is 4.62. The molecule has 0 saturated heterocycles. The van der Waals surface area contributed by atoms with E-state index in [0.29, 0.717) is 6.54 Å². The van der Waals surface area contributed by atoms with Crippen molar-refractivity contribution in [2.24, 2.45) is 5.41 Å². The molecule has 3 rings (SSSR count). The highest BCUT2D eigenvalue weighted by molar-refractivity contribution is 6.15. The van der Waals surface area contributed by atoms with Crippen LogP contribution in [-0.2, 0) is 16.0 Å². The molecule has 130 valence electrons. The average Bonchev–Trinajstić information content (AvgIpc) is 2.62. The van der Waals surface area contributed by atoms with E-state index < -0.39 is 5.41 Å². The van der Waals surface area contributed by atoms with E-state index >= 15 is 0 Å². The minimum Gasteiger partial charge on any atom is -0.325 e. The summed E-state index contributed by atoms with van der Waals surface area (Å²) in [6, 6.07) is 15.5. The first-order valence-electron chi connectivity index (χ1n) is 8.68. The molecule has 0 radical (unpaired) electrons. The quantitative estimate of drug-likeness (QED) is 0.863. The standard InChI is InChI=1S/C21H24N2O2/c1-15-9-4-6-12-17(15)22-19(24)21(2,3)20(25)23-14-8-11-16-10-5-7-13-18(16)23/h4-7,9-10,12-13H,8,11,14H2,1-3H3,(H,22,24). The Labute approximate surface area is 148 Å². The SMILES string of the molecule is Cc1ccccc1NC(=O)C(C)(C)C(=O)N1CCCc2ccccc21. The molecule has 0 spiro atoms. The van der Waals surface area contributed by atoms with Crippen LogP contribution < -0.4 is 10.2 Å². The normalized spacial score (nSPS) is 14.0. The summed E-state index contributed by atoms with van der Waals surface area (Å²) in [5, 5.41) is 2.91. The number of amides is 2. The lowest BCUT2D eigenvalue weighted by atomic mass is 9.88. The summed E-state index contributed by atoms with van der Waals surface area (Å²) in [6.07, 6.45) is 1.88. The number of fused-ring (bicyclic) bond motifs is 1. The molecule has 1 heterocycles. The third-order valence-corrected chi connectivity index (χ3v) is 4.85. The summed E-state index contributed by atoms with van der Waals surface area (Å²) >= 11 is 0. The Morgan fingerprint density at radius 2 is 1.72 bits per heavy atom. The lowest BCUT2D eigenvalue weighted by molar-refractivity contribution is -0.136. The zero-order chi connectivity index (χ0) is 18.0. The molecular weight excluding hydrogens is 312 g/mol. The second-order valence-corrected chi connectivity index (χ2v) is 7.08. The number of rotatable bonds is 3. The molecule has 0 saturated carbocycles. The smallest absolute Gasteiger partial charge is 0.242 e. The molecule has 0 bridgehead atoms. The Balaban J connectivity index is 1.84. The number of hydrogen-bond donors (Lipinski definition) is 1. The summed E-state index contributed by atoms with van der Waals surface area (Å²) < 4.78 is 0. The van der Waals surface area contributed by atoms with Crippen molar-refractivity contribution >= 4 is 23.2 Å². The molecular formula is C21H24N2O2. The van der Waals surface area contributed by atoms with Crippen molar-refractivity contribution in [3.63, 3.8) is 0 Å². The van der Waals surface area contributed by atoms with E-state index in [0.717, 1.165) is 35.3 Å². The third-order valence-electron chi connectivity index (χ3n) is 4.85. The van der Waals surface area contributed by atoms with Crippen LogP contribution in [0.5, 0.6) is 0 Å². The van der Waals surface area contributed by atoms with Gasteiger partial charge in [0.05, 0.1) is 0 Å². The van der Waals surface area contributed by atoms with Gasteiger partial charge in [-0.1, -0.05) is 36.4 Å². The molecule has 0 fully saturated rings. The van der Waals surface area contributed by atoms with Gasteiger partial charge in [-0.25, -0.2) is 0 Å². The zero-order valence-electron chi connectivity index (χ0n) is 15.0. The van der Waals surface area contributed by atoms with Crippen LogP contribution in [0, 0.1) is 12.3 Å². The highest BCUT2D eigenvalue weighted by atomic mass is 16.2. The summed E-state index contributed by atoms with van der Waals surface area (Å²) in [4.78, 5) is 27.7. The van der Waals surface area contributed by atoms with Gasteiger partial charge in [-0.05, 0) is 56.9 Å². The average molecular weight is 336 g/mol. The van der Waals surface area contributed by atoms with Gasteiger partial charge in [0.2, 0.25) is 11.8 Å². The number of carbonyl (C=O) groups is 2. The van der Waals surface area contributed by atoms with E-state index in [-0.39, 0.29) is 11.8 Å². The van der Waals surface area contributed by atoms with Crippen molar-refractivity contribution in [3.8, 4) is 0 Å². The number of nitrogens with zero attached hydrogens (tertiary/aromatic N) is 1. The molecule has 2 aromatic carbocycles. The van der Waals surface area contributed by atoms with Gasteiger partial charge in [0.25, 0.3) is 0 Å². The van der Waals surface area contributed by atoms with Crippen molar-refractivity contribution in [2.45, 2.75) is 33.6 Å². The monoisotopic (exact) mass is 336 g/mol. The predicted molar refractivity (Wildman–Crippen MR) is 101 cm³/mol. The van der Waals surface area contributed by atoms with E-state index in [9.17, 15) is 9.59 Å². The molecule has 0 atom stereocenters. The van der Waals surface area contributed by atoms with E-state index in [2.05, 4.69) is 11.4 Å². The van der Waals surface area contributed by atoms with Gasteiger partial charge in [0, 0.05) is 17.9 Å². The van der Waals surface area contributed by atoms with E-state index in [1.165, 1.54) is 0 Å². The van der Waals surface area contributed by atoms with Crippen LogP contribution in [0.15, 0.2) is 48.5 Å². The first kappa shape index (κ1) is 17.2. The summed E-state index contributed by atoms with van der Waals surface area (Å²) in [5.74, 6) is -0.444. The van der Waals surface area contributed by atoms with E-state index in [1.807, 2.05) is 49.4 Å². The van der Waals surface area contributed by atoms with Crippen LogP contribution in [0.3, 0.4) is 0 Å². The molecule has 25 heavy (non-hydrogen) atoms. The molecule has 4 heteroatoms. The number of para-hydroxylation sites is 2. The van der Waals surface area contributed by atoms with Crippen molar-refractivity contribution in [2.75, 3.05) is 16.8 Å². The van der Waals surface area contributed by atoms with Gasteiger partial charge in [0.15, 0.2) is 0 Å². The molecule has 0 unspecified atom stereocenters. The summed E-state index contributed by atoms with van der Waals surface area (Å²) in [6.45, 7) is 5.97. The fourth-order valence-electron chi connectivity index (χ4n) is 3.17. The van der Waals surface area contributed by atoms with Crippen LogP contribution in [0.4, 0.5) is 11.4 Å². The highest BCUT2D eigenvalue weighted by Crippen LogP contribution is 2.32. The van der Waals surface area contributed by atoms with Crippen LogP contribution in [0.1, 0.15) is 31.4 Å². The molecule has 4 nitrogen and oxygen atoms in total. The molecule has 2 amide bonds. The first-order valence-corrected chi connectivity index (χ1v) is 8.68. The van der Waals surface area contributed by atoms with E-state index in [1.54, 1.807) is 18.7 Å². The van der Waals surface area contributed by atoms with Gasteiger partial charge in [-0.3, -0.25) is 9.59 Å². The third kappa shape index (κ3) is 3.29. The molecule has 0 aromatic heterocycles. The van der Waals surface area contributed by atoms with E-state index in [4.69, 9.17) is 0 Å². The first-order chi connectivity index (χ1) is 11.9. The van der Waals surface area contributed by atoms with Crippen molar-refractivity contribution in [3.05, 3.63) is 59.7 Å². The fraction of sp³-hybridized carbons (Fsp3) is 0.333. The number of carbonyl (C=O) groups excluding carboxylic acids is 2. The maximum atomic E-state index is 13.2. The number of hydrogen-bond acceptors (Lipinski definition) is 2. The Morgan fingerprint density at radius 3 is 2.48 bits per heavy atom.